The number of carbonyl (C=O) groups is 1. The predicted octanol–water partition coefficient (Wildman–Crippen LogP) is 2.68. The van der Waals surface area contributed by atoms with E-state index < -0.39 is 15.3 Å². The smallest absolute Gasteiger partial charge is 0.235 e. The molecule has 1 saturated carbocycles. The van der Waals surface area contributed by atoms with E-state index in [1.165, 1.54) is 30.5 Å². The lowest BCUT2D eigenvalue weighted by Gasteiger charge is -2.40. The number of hydrogen-bond donors (Lipinski definition) is 1. The van der Waals surface area contributed by atoms with E-state index in [9.17, 15) is 17.6 Å². The number of carbonyl (C=O) groups excluding carboxylic acids is 1. The third kappa shape index (κ3) is 3.03. The molecule has 0 atom stereocenters. The molecular weight excluding hydrogens is 331 g/mol. The van der Waals surface area contributed by atoms with Gasteiger partial charge in [0, 0.05) is 6.26 Å². The number of anilines is 1. The van der Waals surface area contributed by atoms with Crippen molar-refractivity contribution in [2.45, 2.75) is 29.7 Å². The molecule has 0 radical (unpaired) electrons. The molecular formula is C17H17FN2O3S. The molecule has 3 rings (SSSR count). The van der Waals surface area contributed by atoms with Gasteiger partial charge in [0.15, 0.2) is 14.9 Å². The Labute approximate surface area is 139 Å². The number of benzene rings is 1. The first kappa shape index (κ1) is 16.6. The van der Waals surface area contributed by atoms with E-state index in [0.29, 0.717) is 18.5 Å². The summed E-state index contributed by atoms with van der Waals surface area (Å²) in [4.78, 5) is 16.6. The maximum absolute atomic E-state index is 13.1. The molecule has 1 fully saturated rings. The van der Waals surface area contributed by atoms with Gasteiger partial charge in [-0.15, -0.1) is 0 Å². The van der Waals surface area contributed by atoms with Crippen LogP contribution in [0.25, 0.3) is 0 Å². The summed E-state index contributed by atoms with van der Waals surface area (Å²) in [5, 5.41) is 2.74. The van der Waals surface area contributed by atoms with E-state index >= 15 is 0 Å². The van der Waals surface area contributed by atoms with Gasteiger partial charge < -0.3 is 5.32 Å². The first-order valence-electron chi connectivity index (χ1n) is 7.55. The van der Waals surface area contributed by atoms with Crippen molar-refractivity contribution in [1.29, 1.82) is 0 Å². The van der Waals surface area contributed by atoms with Gasteiger partial charge in [-0.25, -0.2) is 17.8 Å². The van der Waals surface area contributed by atoms with Gasteiger partial charge in [0.2, 0.25) is 5.91 Å². The van der Waals surface area contributed by atoms with Gasteiger partial charge >= 0.3 is 0 Å². The lowest BCUT2D eigenvalue weighted by atomic mass is 9.64. The van der Waals surface area contributed by atoms with Crippen molar-refractivity contribution in [3.05, 3.63) is 54.0 Å². The Morgan fingerprint density at radius 3 is 2.29 bits per heavy atom. The van der Waals surface area contributed by atoms with Crippen molar-refractivity contribution in [3.63, 3.8) is 0 Å². The zero-order chi connectivity index (χ0) is 17.4. The van der Waals surface area contributed by atoms with Crippen LogP contribution >= 0.6 is 0 Å². The van der Waals surface area contributed by atoms with Crippen LogP contribution in [0.1, 0.15) is 24.8 Å². The molecule has 1 heterocycles. The lowest BCUT2D eigenvalue weighted by Crippen LogP contribution is -2.46. The molecule has 0 bridgehead atoms. The summed E-state index contributed by atoms with van der Waals surface area (Å²) < 4.78 is 35.9. The zero-order valence-corrected chi connectivity index (χ0v) is 13.9. The second-order valence-corrected chi connectivity index (χ2v) is 8.02. The van der Waals surface area contributed by atoms with Crippen molar-refractivity contribution < 1.29 is 17.6 Å². The molecule has 7 heteroatoms. The zero-order valence-electron chi connectivity index (χ0n) is 13.1. The molecule has 1 amide bonds. The third-order valence-electron chi connectivity index (χ3n) is 4.41. The van der Waals surface area contributed by atoms with Crippen molar-refractivity contribution in [2.24, 2.45) is 0 Å². The highest BCUT2D eigenvalue weighted by atomic mass is 32.2. The Hall–Kier alpha value is -2.28. The average molecular weight is 348 g/mol. The van der Waals surface area contributed by atoms with Crippen LogP contribution < -0.4 is 5.32 Å². The van der Waals surface area contributed by atoms with Crippen LogP contribution in [0.4, 0.5) is 10.1 Å². The van der Waals surface area contributed by atoms with Gasteiger partial charge in [0.1, 0.15) is 5.82 Å². The number of nitrogens with zero attached hydrogens (tertiary/aromatic N) is 1. The third-order valence-corrected chi connectivity index (χ3v) is 5.41. The Balaban J connectivity index is 1.81. The number of sulfone groups is 1. The summed E-state index contributed by atoms with van der Waals surface area (Å²) >= 11 is 0. The minimum absolute atomic E-state index is 0.0441. The van der Waals surface area contributed by atoms with Gasteiger partial charge in [-0.3, -0.25) is 4.79 Å². The van der Waals surface area contributed by atoms with E-state index in [2.05, 4.69) is 10.3 Å². The summed E-state index contributed by atoms with van der Waals surface area (Å²) in [6.07, 6.45) is 4.71. The topological polar surface area (TPSA) is 76.1 Å². The van der Waals surface area contributed by atoms with Crippen LogP contribution in [-0.2, 0) is 20.0 Å². The van der Waals surface area contributed by atoms with Crippen molar-refractivity contribution in [3.8, 4) is 0 Å². The SMILES string of the molecule is CS(=O)(=O)c1ccc(NC(=O)C2(c3ccc(F)cc3)CCC2)cn1. The molecule has 126 valence electrons. The number of halogens is 1. The maximum atomic E-state index is 13.1. The molecule has 1 N–H and O–H groups in total. The van der Waals surface area contributed by atoms with Gasteiger partial charge in [0.05, 0.1) is 17.3 Å². The van der Waals surface area contributed by atoms with Crippen molar-refractivity contribution >= 4 is 21.4 Å². The second-order valence-electron chi connectivity index (χ2n) is 6.05. The van der Waals surface area contributed by atoms with Gasteiger partial charge in [0.25, 0.3) is 0 Å². The predicted molar refractivity (Wildman–Crippen MR) is 87.9 cm³/mol. The Morgan fingerprint density at radius 2 is 1.83 bits per heavy atom. The van der Waals surface area contributed by atoms with Crippen LogP contribution in [0.2, 0.25) is 0 Å². The van der Waals surface area contributed by atoms with Crippen LogP contribution in [0.5, 0.6) is 0 Å². The lowest BCUT2D eigenvalue weighted by molar-refractivity contribution is -0.124. The van der Waals surface area contributed by atoms with E-state index in [0.717, 1.165) is 18.2 Å². The standard InChI is InChI=1S/C17H17FN2O3S/c1-24(22,23)15-8-7-14(11-19-15)20-16(21)17(9-2-10-17)12-3-5-13(18)6-4-12/h3-8,11H,2,9-10H2,1H3,(H,20,21). The fourth-order valence-electron chi connectivity index (χ4n) is 2.87. The molecule has 0 spiro atoms. The van der Waals surface area contributed by atoms with Gasteiger partial charge in [-0.2, -0.15) is 0 Å². The fraction of sp³-hybridized carbons (Fsp3) is 0.294. The molecule has 1 aliphatic carbocycles. The normalized spacial score (nSPS) is 16.2. The Bertz CT molecular complexity index is 858. The van der Waals surface area contributed by atoms with Crippen LogP contribution in [0.15, 0.2) is 47.6 Å². The monoisotopic (exact) mass is 348 g/mol. The maximum Gasteiger partial charge on any atom is 0.235 e. The van der Waals surface area contributed by atoms with Crippen molar-refractivity contribution in [2.75, 3.05) is 11.6 Å². The highest BCUT2D eigenvalue weighted by Crippen LogP contribution is 2.44. The molecule has 1 aromatic heterocycles. The molecule has 1 aliphatic rings. The summed E-state index contributed by atoms with van der Waals surface area (Å²) in [5.41, 5.74) is 0.553. The summed E-state index contributed by atoms with van der Waals surface area (Å²) in [5.74, 6) is -0.525. The number of pyridine rings is 1. The highest BCUT2D eigenvalue weighted by molar-refractivity contribution is 7.90. The van der Waals surface area contributed by atoms with E-state index in [4.69, 9.17) is 0 Å². The number of aromatic nitrogens is 1. The first-order valence-corrected chi connectivity index (χ1v) is 9.44. The molecule has 24 heavy (non-hydrogen) atoms. The molecule has 2 aromatic rings. The van der Waals surface area contributed by atoms with E-state index in [-0.39, 0.29) is 16.8 Å². The molecule has 0 unspecified atom stereocenters. The average Bonchev–Trinajstić information content (AvgIpc) is 2.47. The first-order chi connectivity index (χ1) is 11.3. The van der Waals surface area contributed by atoms with Crippen LogP contribution in [0.3, 0.4) is 0 Å². The second kappa shape index (κ2) is 5.98. The fourth-order valence-corrected chi connectivity index (χ4v) is 3.43. The van der Waals surface area contributed by atoms with E-state index in [1.54, 1.807) is 12.1 Å². The molecule has 1 aromatic carbocycles. The summed E-state index contributed by atoms with van der Waals surface area (Å²) in [6.45, 7) is 0. The number of hydrogen-bond acceptors (Lipinski definition) is 4. The number of rotatable bonds is 4. The number of amides is 1. The molecule has 5 nitrogen and oxygen atoms in total. The summed E-state index contributed by atoms with van der Waals surface area (Å²) in [6, 6.07) is 8.85. The highest BCUT2D eigenvalue weighted by Gasteiger charge is 2.45. The minimum atomic E-state index is -3.38. The van der Waals surface area contributed by atoms with Crippen molar-refractivity contribution in [1.82, 2.24) is 4.98 Å². The van der Waals surface area contributed by atoms with E-state index in [1.807, 2.05) is 0 Å². The Morgan fingerprint density at radius 1 is 1.17 bits per heavy atom. The summed E-state index contributed by atoms with van der Waals surface area (Å²) in [7, 11) is -3.38. The van der Waals surface area contributed by atoms with Crippen LogP contribution in [-0.4, -0.2) is 25.6 Å². The number of nitrogens with one attached hydrogen (secondary N) is 1. The minimum Gasteiger partial charge on any atom is -0.324 e. The van der Waals surface area contributed by atoms with Crippen LogP contribution in [0, 0.1) is 5.82 Å². The quantitative estimate of drug-likeness (QED) is 0.922. The van der Waals surface area contributed by atoms with Gasteiger partial charge in [-0.05, 0) is 42.7 Å². The molecule has 0 aliphatic heterocycles. The Kier molecular flexibility index (Phi) is 4.13. The van der Waals surface area contributed by atoms with Gasteiger partial charge in [-0.1, -0.05) is 18.6 Å². The molecule has 0 saturated heterocycles. The largest absolute Gasteiger partial charge is 0.324 e.